The Morgan fingerprint density at radius 3 is 2.82 bits per heavy atom. The topological polar surface area (TPSA) is 21.7 Å². The average Bonchev–Trinajstić information content (AvgIpc) is 2.73. The zero-order valence-electron chi connectivity index (χ0n) is 10.0. The van der Waals surface area contributed by atoms with E-state index in [1.165, 1.54) is 4.88 Å². The van der Waals surface area contributed by atoms with Gasteiger partial charge >= 0.3 is 0 Å². The summed E-state index contributed by atoms with van der Waals surface area (Å²) in [6.07, 6.45) is 1.92. The molecule has 0 unspecified atom stereocenters. The maximum atomic E-state index is 5.90. The SMILES string of the molecule is CN(CCC1OCCCO1)Cc1ccc(Cl)s1. The van der Waals surface area contributed by atoms with E-state index in [1.54, 1.807) is 11.3 Å². The predicted octanol–water partition coefficient (Wildman–Crippen LogP) is 2.99. The first-order chi connectivity index (χ1) is 8.24. The molecule has 0 aromatic carbocycles. The van der Waals surface area contributed by atoms with Gasteiger partial charge in [-0.05, 0) is 25.6 Å². The van der Waals surface area contributed by atoms with Crippen molar-refractivity contribution < 1.29 is 9.47 Å². The minimum Gasteiger partial charge on any atom is -0.353 e. The van der Waals surface area contributed by atoms with Gasteiger partial charge in [0, 0.05) is 24.4 Å². The summed E-state index contributed by atoms with van der Waals surface area (Å²) >= 11 is 7.54. The molecule has 0 amide bonds. The van der Waals surface area contributed by atoms with Gasteiger partial charge in [-0.15, -0.1) is 11.3 Å². The Morgan fingerprint density at radius 2 is 2.18 bits per heavy atom. The van der Waals surface area contributed by atoms with Crippen LogP contribution in [0, 0.1) is 0 Å². The second-order valence-corrected chi connectivity index (χ2v) is 6.06. The van der Waals surface area contributed by atoms with Crippen molar-refractivity contribution in [3.8, 4) is 0 Å². The standard InChI is InChI=1S/C12H18ClNO2S/c1-14(9-10-3-4-11(13)17-10)6-5-12-15-7-2-8-16-12/h3-4,12H,2,5-9H2,1H3. The lowest BCUT2D eigenvalue weighted by atomic mass is 10.3. The molecule has 96 valence electrons. The lowest BCUT2D eigenvalue weighted by Gasteiger charge is -2.25. The lowest BCUT2D eigenvalue weighted by Crippen LogP contribution is -2.29. The van der Waals surface area contributed by atoms with Gasteiger partial charge in [-0.25, -0.2) is 0 Å². The lowest BCUT2D eigenvalue weighted by molar-refractivity contribution is -0.182. The van der Waals surface area contributed by atoms with Gasteiger partial charge in [-0.2, -0.15) is 0 Å². The van der Waals surface area contributed by atoms with Crippen LogP contribution in [0.15, 0.2) is 12.1 Å². The summed E-state index contributed by atoms with van der Waals surface area (Å²) in [7, 11) is 2.11. The first-order valence-corrected chi connectivity index (χ1v) is 7.09. The monoisotopic (exact) mass is 275 g/mol. The van der Waals surface area contributed by atoms with Crippen LogP contribution in [0.4, 0.5) is 0 Å². The smallest absolute Gasteiger partial charge is 0.158 e. The summed E-state index contributed by atoms with van der Waals surface area (Å²) in [5.41, 5.74) is 0. The molecule has 0 bridgehead atoms. The second kappa shape index (κ2) is 6.71. The average molecular weight is 276 g/mol. The van der Waals surface area contributed by atoms with E-state index in [9.17, 15) is 0 Å². The van der Waals surface area contributed by atoms with Gasteiger partial charge in [0.2, 0.25) is 0 Å². The van der Waals surface area contributed by atoms with Crippen LogP contribution < -0.4 is 0 Å². The molecule has 0 N–H and O–H groups in total. The van der Waals surface area contributed by atoms with Gasteiger partial charge in [0.1, 0.15) is 0 Å². The Morgan fingerprint density at radius 1 is 1.41 bits per heavy atom. The number of ether oxygens (including phenoxy) is 2. The fourth-order valence-corrected chi connectivity index (χ4v) is 2.98. The molecule has 1 aromatic rings. The van der Waals surface area contributed by atoms with Gasteiger partial charge in [0.15, 0.2) is 6.29 Å². The van der Waals surface area contributed by atoms with Gasteiger partial charge < -0.3 is 14.4 Å². The molecule has 0 aliphatic carbocycles. The first-order valence-electron chi connectivity index (χ1n) is 5.90. The molecule has 2 heterocycles. The quantitative estimate of drug-likeness (QED) is 0.825. The Hall–Kier alpha value is -0.130. The molecule has 0 atom stereocenters. The maximum absolute atomic E-state index is 5.90. The highest BCUT2D eigenvalue weighted by Crippen LogP contribution is 2.22. The fraction of sp³-hybridized carbons (Fsp3) is 0.667. The molecule has 1 aromatic heterocycles. The van der Waals surface area contributed by atoms with Crippen LogP contribution in [0.25, 0.3) is 0 Å². The maximum Gasteiger partial charge on any atom is 0.158 e. The molecule has 1 aliphatic rings. The molecule has 2 rings (SSSR count). The van der Waals surface area contributed by atoms with Crippen molar-refractivity contribution in [2.75, 3.05) is 26.8 Å². The molecule has 1 saturated heterocycles. The zero-order chi connectivity index (χ0) is 12.1. The number of rotatable bonds is 5. The van der Waals surface area contributed by atoms with Crippen molar-refractivity contribution in [2.24, 2.45) is 0 Å². The second-order valence-electron chi connectivity index (χ2n) is 4.26. The van der Waals surface area contributed by atoms with E-state index in [0.29, 0.717) is 0 Å². The summed E-state index contributed by atoms with van der Waals surface area (Å²) in [5.74, 6) is 0. The van der Waals surface area contributed by atoms with Crippen LogP contribution in [0.1, 0.15) is 17.7 Å². The third kappa shape index (κ3) is 4.56. The first kappa shape index (κ1) is 13.3. The number of halogens is 1. The van der Waals surface area contributed by atoms with E-state index in [2.05, 4.69) is 18.0 Å². The number of hydrogen-bond donors (Lipinski definition) is 0. The minimum absolute atomic E-state index is 0.0156. The fourth-order valence-electron chi connectivity index (χ4n) is 1.81. The van der Waals surface area contributed by atoms with Crippen molar-refractivity contribution in [1.82, 2.24) is 4.90 Å². The van der Waals surface area contributed by atoms with E-state index in [1.807, 2.05) is 6.07 Å². The molecule has 0 saturated carbocycles. The molecular weight excluding hydrogens is 258 g/mol. The number of thiophene rings is 1. The zero-order valence-corrected chi connectivity index (χ0v) is 11.6. The van der Waals surface area contributed by atoms with E-state index in [4.69, 9.17) is 21.1 Å². The van der Waals surface area contributed by atoms with Crippen LogP contribution in [-0.2, 0) is 16.0 Å². The molecule has 0 radical (unpaired) electrons. The summed E-state index contributed by atoms with van der Waals surface area (Å²) in [6, 6.07) is 4.03. The summed E-state index contributed by atoms with van der Waals surface area (Å²) in [5, 5.41) is 0. The Bertz CT molecular complexity index is 339. The van der Waals surface area contributed by atoms with Crippen molar-refractivity contribution in [2.45, 2.75) is 25.7 Å². The van der Waals surface area contributed by atoms with E-state index in [-0.39, 0.29) is 6.29 Å². The predicted molar refractivity (Wildman–Crippen MR) is 70.6 cm³/mol. The Labute approximate surface area is 111 Å². The molecular formula is C12H18ClNO2S. The largest absolute Gasteiger partial charge is 0.353 e. The minimum atomic E-state index is -0.0156. The number of hydrogen-bond acceptors (Lipinski definition) is 4. The van der Waals surface area contributed by atoms with Crippen molar-refractivity contribution in [3.63, 3.8) is 0 Å². The molecule has 3 nitrogen and oxygen atoms in total. The summed E-state index contributed by atoms with van der Waals surface area (Å²) < 4.78 is 11.9. The third-order valence-electron chi connectivity index (χ3n) is 2.70. The Kier molecular flexibility index (Phi) is 5.25. The highest BCUT2D eigenvalue weighted by atomic mass is 35.5. The molecule has 17 heavy (non-hydrogen) atoms. The van der Waals surface area contributed by atoms with E-state index < -0.39 is 0 Å². The highest BCUT2D eigenvalue weighted by Gasteiger charge is 2.14. The van der Waals surface area contributed by atoms with Crippen LogP contribution in [0.2, 0.25) is 4.34 Å². The van der Waals surface area contributed by atoms with Crippen LogP contribution in [0.3, 0.4) is 0 Å². The molecule has 1 fully saturated rings. The van der Waals surface area contributed by atoms with Crippen molar-refractivity contribution in [3.05, 3.63) is 21.3 Å². The van der Waals surface area contributed by atoms with Gasteiger partial charge in [-0.1, -0.05) is 11.6 Å². The normalized spacial score (nSPS) is 17.8. The van der Waals surface area contributed by atoms with Gasteiger partial charge in [-0.3, -0.25) is 0 Å². The van der Waals surface area contributed by atoms with Crippen molar-refractivity contribution in [1.29, 1.82) is 0 Å². The highest BCUT2D eigenvalue weighted by molar-refractivity contribution is 7.16. The van der Waals surface area contributed by atoms with Crippen LogP contribution in [0.5, 0.6) is 0 Å². The van der Waals surface area contributed by atoms with Crippen LogP contribution in [-0.4, -0.2) is 38.0 Å². The van der Waals surface area contributed by atoms with Gasteiger partial charge in [0.05, 0.1) is 17.6 Å². The summed E-state index contributed by atoms with van der Waals surface area (Å²) in [6.45, 7) is 3.56. The van der Waals surface area contributed by atoms with Crippen LogP contribution >= 0.6 is 22.9 Å². The summed E-state index contributed by atoms with van der Waals surface area (Å²) in [4.78, 5) is 3.56. The van der Waals surface area contributed by atoms with E-state index in [0.717, 1.165) is 43.5 Å². The third-order valence-corrected chi connectivity index (χ3v) is 3.91. The Balaban J connectivity index is 1.68. The van der Waals surface area contributed by atoms with Crippen molar-refractivity contribution >= 4 is 22.9 Å². The molecule has 1 aliphatic heterocycles. The van der Waals surface area contributed by atoms with Gasteiger partial charge in [0.25, 0.3) is 0 Å². The molecule has 5 heteroatoms. The van der Waals surface area contributed by atoms with E-state index >= 15 is 0 Å². The number of nitrogens with zero attached hydrogens (tertiary/aromatic N) is 1. The molecule has 0 spiro atoms.